The number of benzene rings is 1. The van der Waals surface area contributed by atoms with Gasteiger partial charge in [0.05, 0.1) is 17.8 Å². The molecule has 1 N–H and O–H groups in total. The lowest BCUT2D eigenvalue weighted by molar-refractivity contribution is 0.402. The Hall–Kier alpha value is -2.20. The van der Waals surface area contributed by atoms with Crippen molar-refractivity contribution in [3.05, 3.63) is 59.9 Å². The minimum atomic E-state index is 0.0793. The van der Waals surface area contributed by atoms with Crippen molar-refractivity contribution in [2.75, 3.05) is 0 Å². The molecule has 1 aromatic carbocycles. The van der Waals surface area contributed by atoms with E-state index >= 15 is 0 Å². The maximum atomic E-state index is 5.54. The Balaban J connectivity index is 1.77. The first-order valence-corrected chi connectivity index (χ1v) is 6.72. The number of hydrogen-bond donors (Lipinski definition) is 1. The second kappa shape index (κ2) is 5.43. The van der Waals surface area contributed by atoms with Crippen LogP contribution in [0.3, 0.4) is 0 Å². The number of aryl methyl sites for hydroxylation is 1. The number of nitrogens with zero attached hydrogens (tertiary/aromatic N) is 2. The molecule has 0 saturated carbocycles. The molecule has 102 valence electrons. The standard InChI is InChI=1S/C16H17N3O/c1-11-9-19-16(20-11)12(2)18-10-13-7-8-17-15-6-4-3-5-14(13)15/h3-9,12,18H,10H2,1-2H3. The van der Waals surface area contributed by atoms with Crippen LogP contribution in [0.5, 0.6) is 0 Å². The molecule has 1 unspecified atom stereocenters. The molecule has 0 spiro atoms. The molecule has 0 bridgehead atoms. The lowest BCUT2D eigenvalue weighted by atomic mass is 10.1. The van der Waals surface area contributed by atoms with E-state index in [0.29, 0.717) is 0 Å². The van der Waals surface area contributed by atoms with Crippen LogP contribution in [0.15, 0.2) is 47.1 Å². The van der Waals surface area contributed by atoms with Crippen molar-refractivity contribution in [2.45, 2.75) is 26.4 Å². The van der Waals surface area contributed by atoms with Crippen LogP contribution in [0.1, 0.15) is 30.2 Å². The third-order valence-corrected chi connectivity index (χ3v) is 3.35. The van der Waals surface area contributed by atoms with Gasteiger partial charge in [0.15, 0.2) is 0 Å². The Morgan fingerprint density at radius 1 is 1.20 bits per heavy atom. The Morgan fingerprint density at radius 2 is 2.05 bits per heavy atom. The van der Waals surface area contributed by atoms with E-state index in [1.807, 2.05) is 37.4 Å². The molecule has 4 heteroatoms. The molecule has 2 heterocycles. The van der Waals surface area contributed by atoms with E-state index in [-0.39, 0.29) is 6.04 Å². The lowest BCUT2D eigenvalue weighted by Crippen LogP contribution is -2.18. The summed E-state index contributed by atoms with van der Waals surface area (Å²) in [5.41, 5.74) is 2.25. The highest BCUT2D eigenvalue weighted by Gasteiger charge is 2.11. The highest BCUT2D eigenvalue weighted by atomic mass is 16.4. The fourth-order valence-corrected chi connectivity index (χ4v) is 2.23. The number of hydrogen-bond acceptors (Lipinski definition) is 4. The van der Waals surface area contributed by atoms with Crippen molar-refractivity contribution >= 4 is 10.9 Å². The van der Waals surface area contributed by atoms with E-state index in [1.54, 1.807) is 6.20 Å². The highest BCUT2D eigenvalue weighted by Crippen LogP contribution is 2.18. The molecule has 20 heavy (non-hydrogen) atoms. The zero-order valence-electron chi connectivity index (χ0n) is 11.6. The maximum Gasteiger partial charge on any atom is 0.211 e. The van der Waals surface area contributed by atoms with Gasteiger partial charge in [-0.2, -0.15) is 0 Å². The van der Waals surface area contributed by atoms with E-state index in [9.17, 15) is 0 Å². The Labute approximate surface area is 117 Å². The predicted molar refractivity (Wildman–Crippen MR) is 78.2 cm³/mol. The molecule has 3 aromatic rings. The molecular formula is C16H17N3O. The second-order valence-electron chi connectivity index (χ2n) is 4.90. The second-order valence-corrected chi connectivity index (χ2v) is 4.90. The van der Waals surface area contributed by atoms with Crippen molar-refractivity contribution in [3.63, 3.8) is 0 Å². The summed E-state index contributed by atoms with van der Waals surface area (Å²) in [6.07, 6.45) is 3.59. The van der Waals surface area contributed by atoms with E-state index in [2.05, 4.69) is 28.3 Å². The molecule has 0 saturated heterocycles. The largest absolute Gasteiger partial charge is 0.444 e. The zero-order chi connectivity index (χ0) is 13.9. The Kier molecular flexibility index (Phi) is 3.48. The number of aromatic nitrogens is 2. The molecule has 0 aliphatic rings. The predicted octanol–water partition coefficient (Wildman–Crippen LogP) is 3.38. The first-order chi connectivity index (χ1) is 9.74. The van der Waals surface area contributed by atoms with E-state index < -0.39 is 0 Å². The van der Waals surface area contributed by atoms with Crippen LogP contribution in [-0.4, -0.2) is 9.97 Å². The first kappa shape index (κ1) is 12.8. The van der Waals surface area contributed by atoms with Crippen LogP contribution in [0.25, 0.3) is 10.9 Å². The molecule has 4 nitrogen and oxygen atoms in total. The summed E-state index contributed by atoms with van der Waals surface area (Å²) in [5.74, 6) is 1.56. The van der Waals surface area contributed by atoms with Gasteiger partial charge in [0.1, 0.15) is 5.76 Å². The average molecular weight is 267 g/mol. The molecule has 1 atom stereocenters. The van der Waals surface area contributed by atoms with E-state index in [1.165, 1.54) is 10.9 Å². The van der Waals surface area contributed by atoms with Gasteiger partial charge in [-0.25, -0.2) is 4.98 Å². The van der Waals surface area contributed by atoms with Crippen LogP contribution in [0.4, 0.5) is 0 Å². The van der Waals surface area contributed by atoms with Gasteiger partial charge in [-0.05, 0) is 31.5 Å². The number of pyridine rings is 1. The monoisotopic (exact) mass is 267 g/mol. The van der Waals surface area contributed by atoms with Crippen LogP contribution in [0.2, 0.25) is 0 Å². The van der Waals surface area contributed by atoms with E-state index in [4.69, 9.17) is 4.42 Å². The number of nitrogens with one attached hydrogen (secondary N) is 1. The molecule has 0 radical (unpaired) electrons. The van der Waals surface area contributed by atoms with Crippen molar-refractivity contribution in [3.8, 4) is 0 Å². The summed E-state index contributed by atoms with van der Waals surface area (Å²) in [4.78, 5) is 8.62. The lowest BCUT2D eigenvalue weighted by Gasteiger charge is -2.11. The Bertz CT molecular complexity index is 715. The number of oxazole rings is 1. The molecule has 0 aliphatic heterocycles. The topological polar surface area (TPSA) is 51.0 Å². The summed E-state index contributed by atoms with van der Waals surface area (Å²) < 4.78 is 5.54. The maximum absolute atomic E-state index is 5.54. The van der Waals surface area contributed by atoms with Gasteiger partial charge in [-0.15, -0.1) is 0 Å². The van der Waals surface area contributed by atoms with Crippen LogP contribution in [0, 0.1) is 6.92 Å². The number of fused-ring (bicyclic) bond motifs is 1. The van der Waals surface area contributed by atoms with Gasteiger partial charge >= 0.3 is 0 Å². The van der Waals surface area contributed by atoms with E-state index in [0.717, 1.165) is 23.7 Å². The zero-order valence-corrected chi connectivity index (χ0v) is 11.6. The number of rotatable bonds is 4. The molecule has 0 amide bonds. The average Bonchev–Trinajstić information content (AvgIpc) is 2.91. The molecule has 2 aromatic heterocycles. The smallest absolute Gasteiger partial charge is 0.211 e. The van der Waals surface area contributed by atoms with Crippen molar-refractivity contribution in [1.29, 1.82) is 0 Å². The quantitative estimate of drug-likeness (QED) is 0.787. The van der Waals surface area contributed by atoms with Crippen LogP contribution >= 0.6 is 0 Å². The molecular weight excluding hydrogens is 250 g/mol. The summed E-state index contributed by atoms with van der Waals surface area (Å²) in [7, 11) is 0. The minimum absolute atomic E-state index is 0.0793. The normalized spacial score (nSPS) is 12.7. The van der Waals surface area contributed by atoms with Crippen molar-refractivity contribution in [1.82, 2.24) is 15.3 Å². The number of para-hydroxylation sites is 1. The van der Waals surface area contributed by atoms with Gasteiger partial charge < -0.3 is 9.73 Å². The Morgan fingerprint density at radius 3 is 2.85 bits per heavy atom. The molecule has 0 fully saturated rings. The fraction of sp³-hybridized carbons (Fsp3) is 0.250. The molecule has 3 rings (SSSR count). The SMILES string of the molecule is Cc1cnc(C(C)NCc2ccnc3ccccc23)o1. The minimum Gasteiger partial charge on any atom is -0.444 e. The van der Waals surface area contributed by atoms with Crippen molar-refractivity contribution < 1.29 is 4.42 Å². The van der Waals surface area contributed by atoms with Gasteiger partial charge in [0.2, 0.25) is 5.89 Å². The first-order valence-electron chi connectivity index (χ1n) is 6.72. The summed E-state index contributed by atoms with van der Waals surface area (Å²) in [6.45, 7) is 4.71. The van der Waals surface area contributed by atoms with Crippen molar-refractivity contribution in [2.24, 2.45) is 0 Å². The van der Waals surface area contributed by atoms with Crippen LogP contribution < -0.4 is 5.32 Å². The highest BCUT2D eigenvalue weighted by molar-refractivity contribution is 5.81. The fourth-order valence-electron chi connectivity index (χ4n) is 2.23. The third kappa shape index (κ3) is 2.56. The third-order valence-electron chi connectivity index (χ3n) is 3.35. The molecule has 0 aliphatic carbocycles. The van der Waals surface area contributed by atoms with Gasteiger partial charge in [0, 0.05) is 18.1 Å². The van der Waals surface area contributed by atoms with Gasteiger partial charge in [-0.3, -0.25) is 4.98 Å². The van der Waals surface area contributed by atoms with Gasteiger partial charge in [0.25, 0.3) is 0 Å². The van der Waals surface area contributed by atoms with Gasteiger partial charge in [-0.1, -0.05) is 18.2 Å². The summed E-state index contributed by atoms with van der Waals surface area (Å²) >= 11 is 0. The van der Waals surface area contributed by atoms with Crippen LogP contribution in [-0.2, 0) is 6.54 Å². The summed E-state index contributed by atoms with van der Waals surface area (Å²) in [6, 6.07) is 10.3. The summed E-state index contributed by atoms with van der Waals surface area (Å²) in [5, 5.41) is 4.62.